The highest BCUT2D eigenvalue weighted by molar-refractivity contribution is 6.62. The Balaban J connectivity index is 1.49. The third-order valence-electron chi connectivity index (χ3n) is 5.36. The molecule has 4 rings (SSSR count). The van der Waals surface area contributed by atoms with E-state index in [1.807, 2.05) is 54.6 Å². The Kier molecular flexibility index (Phi) is 4.40. The van der Waals surface area contributed by atoms with Crippen LogP contribution < -0.4 is 5.46 Å². The Bertz CT molecular complexity index is 904. The lowest BCUT2D eigenvalue weighted by atomic mass is 9.79. The molecule has 1 aliphatic rings. The topological polar surface area (TPSA) is 57.4 Å². The molecule has 1 aliphatic heterocycles. The zero-order valence-electron chi connectivity index (χ0n) is 16.1. The predicted octanol–water partition coefficient (Wildman–Crippen LogP) is 3.63. The quantitative estimate of drug-likeness (QED) is 0.664. The Morgan fingerprint density at radius 1 is 0.852 bits per heavy atom. The van der Waals surface area contributed by atoms with Gasteiger partial charge in [0.05, 0.1) is 17.6 Å². The molecule has 138 valence electrons. The summed E-state index contributed by atoms with van der Waals surface area (Å²) in [7, 11) is -0.372. The van der Waals surface area contributed by atoms with E-state index in [-0.39, 0.29) is 18.3 Å². The summed E-state index contributed by atoms with van der Waals surface area (Å²) in [5, 5.41) is 4.11. The van der Waals surface area contributed by atoms with Crippen LogP contribution in [0.2, 0.25) is 0 Å². The first-order chi connectivity index (χ1) is 12.8. The second-order valence-electron chi connectivity index (χ2n) is 7.88. The van der Waals surface area contributed by atoms with Gasteiger partial charge in [-0.05, 0) is 38.7 Å². The molecule has 0 aliphatic carbocycles. The van der Waals surface area contributed by atoms with Crippen molar-refractivity contribution in [2.75, 3.05) is 0 Å². The third kappa shape index (κ3) is 3.55. The van der Waals surface area contributed by atoms with Crippen LogP contribution in [0.5, 0.6) is 0 Å². The molecule has 0 unspecified atom stereocenters. The van der Waals surface area contributed by atoms with Crippen molar-refractivity contribution < 1.29 is 13.8 Å². The van der Waals surface area contributed by atoms with Gasteiger partial charge in [0.1, 0.15) is 0 Å². The van der Waals surface area contributed by atoms with Gasteiger partial charge in [0.15, 0.2) is 0 Å². The molecule has 1 saturated heterocycles. The monoisotopic (exact) mass is 362 g/mol. The summed E-state index contributed by atoms with van der Waals surface area (Å²) < 4.78 is 17.6. The molecule has 2 heterocycles. The van der Waals surface area contributed by atoms with E-state index in [1.165, 1.54) is 0 Å². The fourth-order valence-electron chi connectivity index (χ4n) is 2.98. The molecule has 0 radical (unpaired) electrons. The van der Waals surface area contributed by atoms with Crippen molar-refractivity contribution in [2.24, 2.45) is 0 Å². The number of rotatable bonds is 4. The van der Waals surface area contributed by atoms with Crippen LogP contribution in [0.3, 0.4) is 0 Å². The summed E-state index contributed by atoms with van der Waals surface area (Å²) in [5.74, 6) is 1.19. The van der Waals surface area contributed by atoms with Gasteiger partial charge in [-0.2, -0.15) is 4.98 Å². The van der Waals surface area contributed by atoms with E-state index in [1.54, 1.807) is 0 Å². The van der Waals surface area contributed by atoms with Gasteiger partial charge in [-0.15, -0.1) is 0 Å². The van der Waals surface area contributed by atoms with E-state index in [4.69, 9.17) is 13.8 Å². The summed E-state index contributed by atoms with van der Waals surface area (Å²) in [6.07, 6.45) is 0.625. The Morgan fingerprint density at radius 2 is 1.48 bits per heavy atom. The fourth-order valence-corrected chi connectivity index (χ4v) is 2.98. The molecule has 0 N–H and O–H groups in total. The Morgan fingerprint density at radius 3 is 2.11 bits per heavy atom. The van der Waals surface area contributed by atoms with Crippen LogP contribution in [0, 0.1) is 0 Å². The van der Waals surface area contributed by atoms with E-state index in [2.05, 4.69) is 37.8 Å². The van der Waals surface area contributed by atoms with Crippen LogP contribution in [0.15, 0.2) is 59.1 Å². The summed E-state index contributed by atoms with van der Waals surface area (Å²) in [4.78, 5) is 4.51. The largest absolute Gasteiger partial charge is 0.494 e. The van der Waals surface area contributed by atoms with Crippen molar-refractivity contribution in [3.8, 4) is 11.4 Å². The average Bonchev–Trinajstić information content (AvgIpc) is 3.18. The molecule has 27 heavy (non-hydrogen) atoms. The van der Waals surface area contributed by atoms with Crippen molar-refractivity contribution in [1.82, 2.24) is 10.1 Å². The van der Waals surface area contributed by atoms with E-state index >= 15 is 0 Å². The second kappa shape index (κ2) is 6.62. The van der Waals surface area contributed by atoms with Gasteiger partial charge >= 0.3 is 7.12 Å². The van der Waals surface area contributed by atoms with Gasteiger partial charge in [0.2, 0.25) is 11.7 Å². The first-order valence-electron chi connectivity index (χ1n) is 9.17. The van der Waals surface area contributed by atoms with E-state index < -0.39 is 0 Å². The molecule has 2 aromatic carbocycles. The Labute approximate surface area is 159 Å². The number of aromatic nitrogens is 2. The molecule has 6 heteroatoms. The molecular weight excluding hydrogens is 339 g/mol. The molecular formula is C21H23BN2O3. The van der Waals surface area contributed by atoms with E-state index in [9.17, 15) is 0 Å². The minimum Gasteiger partial charge on any atom is -0.399 e. The van der Waals surface area contributed by atoms with Gasteiger partial charge in [0, 0.05) is 5.56 Å². The van der Waals surface area contributed by atoms with Gasteiger partial charge in [-0.25, -0.2) is 0 Å². The molecule has 0 spiro atoms. The number of benzene rings is 2. The van der Waals surface area contributed by atoms with Crippen LogP contribution >= 0.6 is 0 Å². The first-order valence-corrected chi connectivity index (χ1v) is 9.17. The molecule has 1 fully saturated rings. The second-order valence-corrected chi connectivity index (χ2v) is 7.88. The predicted molar refractivity (Wildman–Crippen MR) is 105 cm³/mol. The first kappa shape index (κ1) is 18.0. The lowest BCUT2D eigenvalue weighted by Crippen LogP contribution is -2.41. The van der Waals surface area contributed by atoms with E-state index in [0.717, 1.165) is 16.6 Å². The van der Waals surface area contributed by atoms with Crippen molar-refractivity contribution in [3.63, 3.8) is 0 Å². The van der Waals surface area contributed by atoms with Crippen molar-refractivity contribution >= 4 is 12.6 Å². The maximum absolute atomic E-state index is 6.09. The van der Waals surface area contributed by atoms with Crippen LogP contribution in [-0.4, -0.2) is 28.5 Å². The van der Waals surface area contributed by atoms with Gasteiger partial charge < -0.3 is 13.8 Å². The summed E-state index contributed by atoms with van der Waals surface area (Å²) >= 11 is 0. The molecule has 5 nitrogen and oxygen atoms in total. The average molecular weight is 362 g/mol. The fraction of sp³-hybridized carbons (Fsp3) is 0.333. The van der Waals surface area contributed by atoms with Crippen molar-refractivity contribution in [2.45, 2.75) is 45.3 Å². The zero-order chi connectivity index (χ0) is 19.1. The molecule has 0 atom stereocenters. The van der Waals surface area contributed by atoms with Crippen LogP contribution in [0.1, 0.15) is 39.1 Å². The number of nitrogens with zero attached hydrogens (tertiary/aromatic N) is 2. The number of hydrogen-bond donors (Lipinski definition) is 0. The zero-order valence-corrected chi connectivity index (χ0v) is 16.1. The maximum atomic E-state index is 6.09. The highest BCUT2D eigenvalue weighted by Crippen LogP contribution is 2.36. The lowest BCUT2D eigenvalue weighted by molar-refractivity contribution is 0.00578. The SMILES string of the molecule is CC1(C)OB(c2ccc(-c3noc(Cc4ccccc4)n3)cc2)OC1(C)C. The van der Waals surface area contributed by atoms with E-state index in [0.29, 0.717) is 18.1 Å². The highest BCUT2D eigenvalue weighted by atomic mass is 16.7. The molecule has 1 aromatic heterocycles. The minimum atomic E-state index is -0.372. The van der Waals surface area contributed by atoms with Crippen molar-refractivity contribution in [1.29, 1.82) is 0 Å². The smallest absolute Gasteiger partial charge is 0.399 e. The van der Waals surface area contributed by atoms with Crippen LogP contribution in [0.25, 0.3) is 11.4 Å². The van der Waals surface area contributed by atoms with Gasteiger partial charge in [-0.3, -0.25) is 0 Å². The molecule has 3 aromatic rings. The highest BCUT2D eigenvalue weighted by Gasteiger charge is 2.51. The van der Waals surface area contributed by atoms with Gasteiger partial charge in [-0.1, -0.05) is 59.8 Å². The third-order valence-corrected chi connectivity index (χ3v) is 5.36. The summed E-state index contributed by atoms with van der Waals surface area (Å²) in [6, 6.07) is 18.0. The Hall–Kier alpha value is -2.44. The van der Waals surface area contributed by atoms with Crippen LogP contribution in [0.4, 0.5) is 0 Å². The molecule has 0 saturated carbocycles. The summed E-state index contributed by atoms with van der Waals surface area (Å²) in [6.45, 7) is 8.20. The number of hydrogen-bond acceptors (Lipinski definition) is 5. The standard InChI is InChI=1S/C21H23BN2O3/c1-20(2)21(3,4)27-22(26-20)17-12-10-16(11-13-17)19-23-18(25-24-19)14-15-8-6-5-7-9-15/h5-13H,14H2,1-4H3. The molecule has 0 bridgehead atoms. The van der Waals surface area contributed by atoms with Crippen LogP contribution in [-0.2, 0) is 15.7 Å². The maximum Gasteiger partial charge on any atom is 0.494 e. The lowest BCUT2D eigenvalue weighted by Gasteiger charge is -2.32. The summed E-state index contributed by atoms with van der Waals surface area (Å²) in [5.41, 5.74) is 2.32. The normalized spacial score (nSPS) is 18.0. The minimum absolute atomic E-state index is 0.351. The van der Waals surface area contributed by atoms with Crippen molar-refractivity contribution in [3.05, 3.63) is 66.1 Å². The molecule has 0 amide bonds. The van der Waals surface area contributed by atoms with Gasteiger partial charge in [0.25, 0.3) is 0 Å².